The lowest BCUT2D eigenvalue weighted by atomic mass is 10.2. The molecule has 0 atom stereocenters. The largest absolute Gasteiger partial charge is 0.422 e. The maximum absolute atomic E-state index is 12.5. The Labute approximate surface area is 193 Å². The second-order valence-corrected chi connectivity index (χ2v) is 7.98. The van der Waals surface area contributed by atoms with Gasteiger partial charge >= 0.3 is 5.97 Å². The fraction of sp³-hybridized carbons (Fsp3) is 0.0455. The number of hydrazone groups is 1. The molecule has 30 heavy (non-hydrogen) atoms. The smallest absolute Gasteiger partial charge is 0.345 e. The van der Waals surface area contributed by atoms with Gasteiger partial charge in [0, 0.05) is 15.7 Å². The first-order valence-electron chi connectivity index (χ1n) is 8.85. The summed E-state index contributed by atoms with van der Waals surface area (Å²) in [6.45, 7) is 2.00. The van der Waals surface area contributed by atoms with Crippen molar-refractivity contribution in [3.8, 4) is 5.75 Å². The van der Waals surface area contributed by atoms with Crippen molar-refractivity contribution in [1.29, 1.82) is 0 Å². The summed E-state index contributed by atoms with van der Waals surface area (Å²) in [5.74, 6) is -0.214. The summed E-state index contributed by atoms with van der Waals surface area (Å²) in [6, 6.07) is 19.7. The van der Waals surface area contributed by atoms with Crippen LogP contribution in [0, 0.1) is 6.92 Å². The lowest BCUT2D eigenvalue weighted by molar-refractivity contribution is 0.0734. The van der Waals surface area contributed by atoms with E-state index in [1.165, 1.54) is 6.21 Å². The van der Waals surface area contributed by atoms with Crippen LogP contribution in [0.25, 0.3) is 0 Å². The summed E-state index contributed by atoms with van der Waals surface area (Å²) in [6.07, 6.45) is 1.52. The zero-order chi connectivity index (χ0) is 21.5. The van der Waals surface area contributed by atoms with Gasteiger partial charge in [0.2, 0.25) is 0 Å². The molecule has 3 rings (SSSR count). The van der Waals surface area contributed by atoms with Gasteiger partial charge in [0.15, 0.2) is 5.11 Å². The molecule has 3 aromatic rings. The molecule has 5 nitrogen and oxygen atoms in total. The molecule has 0 spiro atoms. The summed E-state index contributed by atoms with van der Waals surface area (Å²) in [4.78, 5) is 12.5. The van der Waals surface area contributed by atoms with Gasteiger partial charge in [0.1, 0.15) is 5.75 Å². The van der Waals surface area contributed by atoms with Crippen molar-refractivity contribution in [2.45, 2.75) is 6.92 Å². The fourth-order valence-electron chi connectivity index (χ4n) is 2.54. The van der Waals surface area contributed by atoms with Gasteiger partial charge in [0.05, 0.1) is 16.8 Å². The molecule has 8 heteroatoms. The van der Waals surface area contributed by atoms with E-state index in [0.29, 0.717) is 21.4 Å². The van der Waals surface area contributed by atoms with Crippen LogP contribution < -0.4 is 15.5 Å². The Morgan fingerprint density at radius 3 is 2.70 bits per heavy atom. The van der Waals surface area contributed by atoms with Crippen LogP contribution in [0.4, 0.5) is 5.69 Å². The van der Waals surface area contributed by atoms with Crippen LogP contribution in [-0.2, 0) is 0 Å². The van der Waals surface area contributed by atoms with E-state index in [9.17, 15) is 4.79 Å². The highest BCUT2D eigenvalue weighted by Gasteiger charge is 2.14. The molecule has 0 aromatic heterocycles. The normalized spacial score (nSPS) is 10.6. The zero-order valence-corrected chi connectivity index (χ0v) is 19.0. The van der Waals surface area contributed by atoms with Gasteiger partial charge in [-0.15, -0.1) is 0 Å². The number of carbonyl (C=O) groups is 1. The van der Waals surface area contributed by atoms with Crippen LogP contribution in [0.3, 0.4) is 0 Å². The number of thiocarbonyl (C=S) groups is 1. The highest BCUT2D eigenvalue weighted by Crippen LogP contribution is 2.24. The van der Waals surface area contributed by atoms with E-state index in [4.69, 9.17) is 28.6 Å². The topological polar surface area (TPSA) is 62.7 Å². The van der Waals surface area contributed by atoms with Gasteiger partial charge in [-0.3, -0.25) is 5.43 Å². The van der Waals surface area contributed by atoms with Crippen molar-refractivity contribution in [2.24, 2.45) is 5.10 Å². The number of aryl methyl sites for hydroxylation is 1. The minimum atomic E-state index is -0.554. The first kappa shape index (κ1) is 22.0. The Balaban J connectivity index is 1.69. The van der Waals surface area contributed by atoms with Gasteiger partial charge in [-0.2, -0.15) is 5.10 Å². The number of benzene rings is 3. The Hall–Kier alpha value is -2.74. The lowest BCUT2D eigenvalue weighted by Crippen LogP contribution is -2.23. The summed E-state index contributed by atoms with van der Waals surface area (Å²) in [7, 11) is 0. The van der Waals surface area contributed by atoms with Crippen LogP contribution in [0.15, 0.2) is 76.3 Å². The van der Waals surface area contributed by atoms with Crippen LogP contribution in [0.2, 0.25) is 5.02 Å². The molecular formula is C22H17BrClN3O2S. The van der Waals surface area contributed by atoms with Crippen molar-refractivity contribution in [3.05, 3.63) is 92.9 Å². The predicted molar refractivity (Wildman–Crippen MR) is 129 cm³/mol. The molecule has 0 aliphatic carbocycles. The van der Waals surface area contributed by atoms with Crippen molar-refractivity contribution < 1.29 is 9.53 Å². The first-order valence-corrected chi connectivity index (χ1v) is 10.4. The van der Waals surface area contributed by atoms with E-state index < -0.39 is 5.97 Å². The number of ether oxygens (including phenoxy) is 1. The summed E-state index contributed by atoms with van der Waals surface area (Å²) in [5.41, 5.74) is 5.59. The molecule has 0 amide bonds. The quantitative estimate of drug-likeness (QED) is 0.148. The van der Waals surface area contributed by atoms with Gasteiger partial charge in [-0.25, -0.2) is 4.79 Å². The van der Waals surface area contributed by atoms with Crippen molar-refractivity contribution in [3.63, 3.8) is 0 Å². The molecule has 0 fully saturated rings. The second kappa shape index (κ2) is 10.3. The molecular weight excluding hydrogens is 486 g/mol. The average Bonchev–Trinajstić information content (AvgIpc) is 2.70. The van der Waals surface area contributed by atoms with E-state index in [0.717, 1.165) is 15.7 Å². The number of hydrogen-bond donors (Lipinski definition) is 2. The monoisotopic (exact) mass is 501 g/mol. The van der Waals surface area contributed by atoms with E-state index in [2.05, 4.69) is 31.8 Å². The predicted octanol–water partition coefficient (Wildman–Crippen LogP) is 5.95. The van der Waals surface area contributed by atoms with Crippen molar-refractivity contribution in [2.75, 3.05) is 5.32 Å². The SMILES string of the molecule is Cc1cccc(NC(=S)N/N=C\c2cc(Br)ccc2OC(=O)c2ccccc2Cl)c1. The van der Waals surface area contributed by atoms with E-state index in [-0.39, 0.29) is 5.56 Å². The molecule has 0 radical (unpaired) electrons. The van der Waals surface area contributed by atoms with Crippen LogP contribution >= 0.6 is 39.7 Å². The molecule has 0 bridgehead atoms. The lowest BCUT2D eigenvalue weighted by Gasteiger charge is -2.10. The number of anilines is 1. The average molecular weight is 503 g/mol. The Kier molecular flexibility index (Phi) is 7.57. The molecule has 0 unspecified atom stereocenters. The molecule has 0 aliphatic heterocycles. The van der Waals surface area contributed by atoms with Gasteiger partial charge in [0.25, 0.3) is 0 Å². The maximum atomic E-state index is 12.5. The molecule has 0 saturated heterocycles. The zero-order valence-electron chi connectivity index (χ0n) is 15.9. The van der Waals surface area contributed by atoms with Gasteiger partial charge in [-0.1, -0.05) is 51.8 Å². The summed E-state index contributed by atoms with van der Waals surface area (Å²) >= 11 is 14.7. The molecule has 0 saturated carbocycles. The number of nitrogens with one attached hydrogen (secondary N) is 2. The third kappa shape index (κ3) is 6.13. The van der Waals surface area contributed by atoms with Gasteiger partial charge in [-0.05, 0) is 67.2 Å². The number of hydrogen-bond acceptors (Lipinski definition) is 4. The Morgan fingerprint density at radius 1 is 1.13 bits per heavy atom. The third-order valence-electron chi connectivity index (χ3n) is 3.91. The number of carbonyl (C=O) groups excluding carboxylic acids is 1. The van der Waals surface area contributed by atoms with Gasteiger partial charge < -0.3 is 10.1 Å². The van der Waals surface area contributed by atoms with E-state index >= 15 is 0 Å². The molecule has 3 aromatic carbocycles. The molecule has 0 heterocycles. The highest BCUT2D eigenvalue weighted by atomic mass is 79.9. The van der Waals surface area contributed by atoms with E-state index in [1.807, 2.05) is 31.2 Å². The molecule has 152 valence electrons. The number of nitrogens with zero attached hydrogens (tertiary/aromatic N) is 1. The number of halogens is 2. The first-order chi connectivity index (χ1) is 14.4. The van der Waals surface area contributed by atoms with Crippen molar-refractivity contribution in [1.82, 2.24) is 5.43 Å². The van der Waals surface area contributed by atoms with Crippen molar-refractivity contribution >= 4 is 62.7 Å². The highest BCUT2D eigenvalue weighted by molar-refractivity contribution is 9.10. The second-order valence-electron chi connectivity index (χ2n) is 6.25. The minimum Gasteiger partial charge on any atom is -0.422 e. The summed E-state index contributed by atoms with van der Waals surface area (Å²) < 4.78 is 6.33. The minimum absolute atomic E-state index is 0.284. The molecule has 0 aliphatic rings. The molecule has 2 N–H and O–H groups in total. The Bertz CT molecular complexity index is 1120. The standard InChI is InChI=1S/C22H17BrClN3O2S/c1-14-5-4-6-17(11-14)26-22(30)27-25-13-15-12-16(23)9-10-20(15)29-21(28)18-7-2-3-8-19(18)24/h2-13H,1H3,(H2,26,27,30)/b25-13-. The fourth-order valence-corrected chi connectivity index (χ4v) is 3.30. The Morgan fingerprint density at radius 2 is 1.93 bits per heavy atom. The third-order valence-corrected chi connectivity index (χ3v) is 4.93. The van der Waals surface area contributed by atoms with Crippen LogP contribution in [0.5, 0.6) is 5.75 Å². The van der Waals surface area contributed by atoms with E-state index in [1.54, 1.807) is 42.5 Å². The van der Waals surface area contributed by atoms with Crippen LogP contribution in [-0.4, -0.2) is 17.3 Å². The summed E-state index contributed by atoms with van der Waals surface area (Å²) in [5, 5.41) is 7.85. The number of esters is 1. The maximum Gasteiger partial charge on any atom is 0.345 e. The van der Waals surface area contributed by atoms with Crippen LogP contribution in [0.1, 0.15) is 21.5 Å². The number of rotatable bonds is 5.